The van der Waals surface area contributed by atoms with Crippen LogP contribution >= 0.6 is 23.7 Å². The van der Waals surface area contributed by atoms with Crippen LogP contribution in [0.15, 0.2) is 47.1 Å². The Labute approximate surface area is 231 Å². The minimum absolute atomic E-state index is 0. The van der Waals surface area contributed by atoms with Crippen LogP contribution in [0.2, 0.25) is 0 Å². The van der Waals surface area contributed by atoms with E-state index >= 15 is 0 Å². The fraction of sp³-hybridized carbons (Fsp3) is 0.370. The third-order valence-electron chi connectivity index (χ3n) is 6.40. The Bertz CT molecular complexity index is 1360. The standard InChI is InChI=1S/C27H29N5O4S.ClH/c1-35-21-11-8-18(9-12-21)27-29-16-22(37-27)19(15-25(33)34)14-24-31-23(32-36-24)6-2-5-20-10-7-17-4-3-13-28-26(17)30-20;/h7-12,16,19H,2-6,13-15H2,1H3,(H,28,30)(H,33,34);1H. The van der Waals surface area contributed by atoms with E-state index in [4.69, 9.17) is 14.2 Å². The van der Waals surface area contributed by atoms with Crippen molar-refractivity contribution in [2.45, 2.75) is 50.9 Å². The van der Waals surface area contributed by atoms with Crippen molar-refractivity contribution in [3.8, 4) is 16.3 Å². The van der Waals surface area contributed by atoms with Gasteiger partial charge in [-0.05, 0) is 61.6 Å². The Morgan fingerprint density at radius 3 is 2.82 bits per heavy atom. The minimum Gasteiger partial charge on any atom is -0.497 e. The Kier molecular flexibility index (Phi) is 9.30. The van der Waals surface area contributed by atoms with E-state index in [0.29, 0.717) is 24.6 Å². The molecule has 0 saturated carbocycles. The molecule has 11 heteroatoms. The number of anilines is 1. The molecule has 200 valence electrons. The van der Waals surface area contributed by atoms with E-state index in [0.717, 1.165) is 64.9 Å². The summed E-state index contributed by atoms with van der Waals surface area (Å²) in [7, 11) is 1.62. The molecular weight excluding hydrogens is 526 g/mol. The number of methoxy groups -OCH3 is 1. The molecule has 0 fully saturated rings. The molecule has 1 unspecified atom stereocenters. The van der Waals surface area contributed by atoms with Gasteiger partial charge in [0.25, 0.3) is 0 Å². The molecule has 1 atom stereocenters. The summed E-state index contributed by atoms with van der Waals surface area (Å²) in [5.74, 6) is 1.67. The topological polar surface area (TPSA) is 123 Å². The zero-order chi connectivity index (χ0) is 25.6. The van der Waals surface area contributed by atoms with E-state index in [9.17, 15) is 9.90 Å². The molecule has 0 radical (unpaired) electrons. The number of hydrogen-bond acceptors (Lipinski definition) is 9. The number of hydrogen-bond donors (Lipinski definition) is 2. The molecule has 1 aliphatic heterocycles. The van der Waals surface area contributed by atoms with Gasteiger partial charge in [-0.25, -0.2) is 9.97 Å². The molecule has 2 N–H and O–H groups in total. The van der Waals surface area contributed by atoms with Gasteiger partial charge in [-0.15, -0.1) is 23.7 Å². The Hall–Kier alpha value is -3.50. The largest absolute Gasteiger partial charge is 0.497 e. The van der Waals surface area contributed by atoms with Crippen molar-refractivity contribution in [3.05, 3.63) is 70.4 Å². The minimum atomic E-state index is -0.879. The first-order valence-electron chi connectivity index (χ1n) is 12.4. The molecule has 38 heavy (non-hydrogen) atoms. The number of pyridine rings is 1. The molecule has 5 rings (SSSR count). The molecule has 4 aromatic rings. The van der Waals surface area contributed by atoms with Crippen LogP contribution in [0.1, 0.15) is 53.0 Å². The fourth-order valence-corrected chi connectivity index (χ4v) is 5.47. The van der Waals surface area contributed by atoms with E-state index in [1.165, 1.54) is 16.9 Å². The van der Waals surface area contributed by atoms with Gasteiger partial charge in [0, 0.05) is 47.6 Å². The highest BCUT2D eigenvalue weighted by Crippen LogP contribution is 2.34. The Balaban J connectivity index is 0.00000336. The van der Waals surface area contributed by atoms with Crippen molar-refractivity contribution in [2.75, 3.05) is 19.0 Å². The summed E-state index contributed by atoms with van der Waals surface area (Å²) in [4.78, 5) is 26.3. The average molecular weight is 556 g/mol. The van der Waals surface area contributed by atoms with Gasteiger partial charge in [0.05, 0.1) is 13.5 Å². The molecule has 3 aromatic heterocycles. The molecule has 1 aromatic carbocycles. The zero-order valence-corrected chi connectivity index (χ0v) is 22.7. The van der Waals surface area contributed by atoms with Gasteiger partial charge in [-0.3, -0.25) is 4.79 Å². The van der Waals surface area contributed by atoms with Gasteiger partial charge < -0.3 is 19.7 Å². The Morgan fingerprint density at radius 2 is 2.03 bits per heavy atom. The fourth-order valence-electron chi connectivity index (χ4n) is 4.45. The maximum atomic E-state index is 11.6. The van der Waals surface area contributed by atoms with Crippen LogP contribution in [0, 0.1) is 0 Å². The number of aromatic nitrogens is 4. The maximum Gasteiger partial charge on any atom is 0.304 e. The van der Waals surface area contributed by atoms with Gasteiger partial charge in [-0.2, -0.15) is 4.98 Å². The summed E-state index contributed by atoms with van der Waals surface area (Å²) in [6.07, 6.45) is 6.63. The second-order valence-corrected chi connectivity index (χ2v) is 10.2. The van der Waals surface area contributed by atoms with Gasteiger partial charge in [0.1, 0.15) is 16.6 Å². The van der Waals surface area contributed by atoms with E-state index < -0.39 is 5.97 Å². The van der Waals surface area contributed by atoms with Crippen LogP contribution in [-0.2, 0) is 30.5 Å². The number of rotatable bonds is 11. The first kappa shape index (κ1) is 27.5. The first-order chi connectivity index (χ1) is 18.1. The van der Waals surface area contributed by atoms with Crippen molar-refractivity contribution in [1.29, 1.82) is 0 Å². The van der Waals surface area contributed by atoms with Gasteiger partial charge >= 0.3 is 5.97 Å². The van der Waals surface area contributed by atoms with Crippen molar-refractivity contribution < 1.29 is 19.2 Å². The molecule has 0 amide bonds. The van der Waals surface area contributed by atoms with Crippen LogP contribution in [0.25, 0.3) is 10.6 Å². The summed E-state index contributed by atoms with van der Waals surface area (Å²) in [6, 6.07) is 11.9. The zero-order valence-electron chi connectivity index (χ0n) is 21.1. The third kappa shape index (κ3) is 6.87. The van der Waals surface area contributed by atoms with Crippen molar-refractivity contribution >= 4 is 35.5 Å². The average Bonchev–Trinajstić information content (AvgIpc) is 3.58. The van der Waals surface area contributed by atoms with Crippen molar-refractivity contribution in [3.63, 3.8) is 0 Å². The van der Waals surface area contributed by atoms with Crippen LogP contribution in [0.5, 0.6) is 5.75 Å². The van der Waals surface area contributed by atoms with E-state index in [2.05, 4.69) is 32.6 Å². The highest BCUT2D eigenvalue weighted by Gasteiger charge is 2.22. The number of fused-ring (bicyclic) bond motifs is 1. The lowest BCUT2D eigenvalue weighted by Gasteiger charge is -2.17. The molecule has 0 bridgehead atoms. The van der Waals surface area contributed by atoms with Gasteiger partial charge in [-0.1, -0.05) is 11.2 Å². The molecule has 1 aliphatic rings. The number of carboxylic acids is 1. The van der Waals surface area contributed by atoms with Crippen molar-refractivity contribution in [1.82, 2.24) is 20.1 Å². The molecule has 0 saturated heterocycles. The number of ether oxygens (including phenoxy) is 1. The van der Waals surface area contributed by atoms with E-state index in [-0.39, 0.29) is 24.7 Å². The maximum absolute atomic E-state index is 11.6. The van der Waals surface area contributed by atoms with Gasteiger partial charge in [0.15, 0.2) is 5.82 Å². The quantitative estimate of drug-likeness (QED) is 0.252. The lowest BCUT2D eigenvalue weighted by atomic mass is 10.0. The Morgan fingerprint density at radius 1 is 1.18 bits per heavy atom. The number of aliphatic carboxylic acids is 1. The number of thiazole rings is 1. The van der Waals surface area contributed by atoms with Crippen molar-refractivity contribution in [2.24, 2.45) is 0 Å². The van der Waals surface area contributed by atoms with Crippen LogP contribution < -0.4 is 10.1 Å². The number of aryl methyl sites for hydroxylation is 3. The number of carbonyl (C=O) groups is 1. The number of benzene rings is 1. The van der Waals surface area contributed by atoms with Crippen LogP contribution in [-0.4, -0.2) is 44.8 Å². The molecule has 0 aliphatic carbocycles. The lowest BCUT2D eigenvalue weighted by Crippen LogP contribution is -2.14. The van der Waals surface area contributed by atoms with E-state index in [1.807, 2.05) is 24.3 Å². The SMILES string of the molecule is COc1ccc(-c2ncc(C(CC(=O)O)Cc3nc(CCCc4ccc5c(n4)NCCC5)no3)s2)cc1.Cl. The number of nitrogens with one attached hydrogen (secondary N) is 1. The van der Waals surface area contributed by atoms with Crippen LogP contribution in [0.3, 0.4) is 0 Å². The first-order valence-corrected chi connectivity index (χ1v) is 13.2. The summed E-state index contributed by atoms with van der Waals surface area (Å²) < 4.78 is 10.7. The molecule has 0 spiro atoms. The van der Waals surface area contributed by atoms with Crippen LogP contribution in [0.4, 0.5) is 5.82 Å². The second-order valence-electron chi connectivity index (χ2n) is 9.09. The molecular formula is C27H30ClN5O4S. The van der Waals surface area contributed by atoms with Gasteiger partial charge in [0.2, 0.25) is 5.89 Å². The lowest BCUT2D eigenvalue weighted by molar-refractivity contribution is -0.137. The smallest absolute Gasteiger partial charge is 0.304 e. The number of nitrogens with zero attached hydrogens (tertiary/aromatic N) is 4. The normalized spacial score (nSPS) is 13.2. The summed E-state index contributed by atoms with van der Waals surface area (Å²) in [6.45, 7) is 0.974. The predicted octanol–water partition coefficient (Wildman–Crippen LogP) is 5.35. The summed E-state index contributed by atoms with van der Waals surface area (Å²) >= 11 is 1.48. The second kappa shape index (κ2) is 12.8. The monoisotopic (exact) mass is 555 g/mol. The summed E-state index contributed by atoms with van der Waals surface area (Å²) in [5.41, 5.74) is 3.29. The van der Waals surface area contributed by atoms with E-state index in [1.54, 1.807) is 13.3 Å². The third-order valence-corrected chi connectivity index (χ3v) is 7.61. The highest BCUT2D eigenvalue weighted by molar-refractivity contribution is 7.15. The number of halogens is 1. The molecule has 4 heterocycles. The predicted molar refractivity (Wildman–Crippen MR) is 147 cm³/mol. The highest BCUT2D eigenvalue weighted by atomic mass is 35.5. The summed E-state index contributed by atoms with van der Waals surface area (Å²) in [5, 5.41) is 17.8. The molecule has 9 nitrogen and oxygen atoms in total. The number of carboxylic acid groups (broad SMARTS) is 1.